The molecule has 90 valence electrons. The van der Waals surface area contributed by atoms with Crippen molar-refractivity contribution in [2.45, 2.75) is 19.0 Å². The minimum Gasteiger partial charge on any atom is -0.350 e. The Hall–Kier alpha value is -1.51. The lowest BCUT2D eigenvalue weighted by Gasteiger charge is -2.15. The number of carbonyl (C=O) groups excluding carboxylic acids is 2. The van der Waals surface area contributed by atoms with Gasteiger partial charge in [-0.3, -0.25) is 9.59 Å². The first-order chi connectivity index (χ1) is 7.49. The molecular formula is C7H11N3O5S. The largest absolute Gasteiger partial charge is 0.350 e. The Morgan fingerprint density at radius 2 is 2.56 bits per heavy atom. The summed E-state index contributed by atoms with van der Waals surface area (Å²) in [6.45, 7) is 1.36. The second-order valence-corrected chi connectivity index (χ2v) is 4.22. The molecule has 1 aliphatic heterocycles. The van der Waals surface area contributed by atoms with Crippen LogP contribution in [-0.2, 0) is 9.63 Å². The zero-order valence-corrected chi connectivity index (χ0v) is 9.28. The van der Waals surface area contributed by atoms with Gasteiger partial charge in [0.25, 0.3) is 10.3 Å². The molecular weight excluding hydrogens is 238 g/mol. The monoisotopic (exact) mass is 249 g/mol. The molecule has 0 radical (unpaired) electrons. The Morgan fingerprint density at radius 1 is 1.88 bits per heavy atom. The lowest BCUT2D eigenvalue weighted by molar-refractivity contribution is -0.758. The quantitative estimate of drug-likeness (QED) is 0.503. The molecule has 0 spiro atoms. The van der Waals surface area contributed by atoms with Crippen molar-refractivity contribution in [2.75, 3.05) is 12.4 Å². The topological polar surface area (TPSA) is 111 Å². The summed E-state index contributed by atoms with van der Waals surface area (Å²) in [7, 11) is 0. The third-order valence-electron chi connectivity index (χ3n) is 1.81. The lowest BCUT2D eigenvalue weighted by Crippen LogP contribution is -2.47. The fraction of sp³-hybridized carbons (Fsp3) is 0.714. The summed E-state index contributed by atoms with van der Waals surface area (Å²) < 4.78 is 0. The third-order valence-corrected chi connectivity index (χ3v) is 2.69. The van der Waals surface area contributed by atoms with Crippen molar-refractivity contribution in [1.82, 2.24) is 10.6 Å². The SMILES string of the molecule is CC(CO[N+](=O)[O-])NC(=O)C1CSC(=O)N1. The Balaban J connectivity index is 2.28. The summed E-state index contributed by atoms with van der Waals surface area (Å²) in [5.41, 5.74) is 0. The Morgan fingerprint density at radius 3 is 3.06 bits per heavy atom. The summed E-state index contributed by atoms with van der Waals surface area (Å²) >= 11 is 1.03. The van der Waals surface area contributed by atoms with E-state index in [0.29, 0.717) is 5.75 Å². The molecule has 1 saturated heterocycles. The van der Waals surface area contributed by atoms with Crippen molar-refractivity contribution in [1.29, 1.82) is 0 Å². The van der Waals surface area contributed by atoms with Crippen LogP contribution in [0.3, 0.4) is 0 Å². The van der Waals surface area contributed by atoms with E-state index < -0.39 is 17.2 Å². The standard InChI is InChI=1S/C7H11N3O5S/c1-4(2-15-10(13)14)8-6(11)5-3-16-7(12)9-5/h4-5H,2-3H2,1H3,(H,8,11)(H,9,12). The van der Waals surface area contributed by atoms with Gasteiger partial charge in [-0.15, -0.1) is 10.1 Å². The Bertz CT molecular complexity index is 310. The molecule has 0 aromatic carbocycles. The van der Waals surface area contributed by atoms with Crippen LogP contribution in [0.4, 0.5) is 4.79 Å². The fourth-order valence-corrected chi connectivity index (χ4v) is 1.86. The van der Waals surface area contributed by atoms with Gasteiger partial charge < -0.3 is 15.5 Å². The molecule has 2 atom stereocenters. The van der Waals surface area contributed by atoms with Gasteiger partial charge >= 0.3 is 0 Å². The van der Waals surface area contributed by atoms with Gasteiger partial charge in [-0.05, 0) is 6.92 Å². The number of amides is 2. The third kappa shape index (κ3) is 3.93. The summed E-state index contributed by atoms with van der Waals surface area (Å²) in [6.07, 6.45) is 0. The van der Waals surface area contributed by atoms with Crippen LogP contribution in [-0.4, -0.2) is 40.7 Å². The first-order valence-electron chi connectivity index (χ1n) is 4.50. The number of nitrogens with one attached hydrogen (secondary N) is 2. The first kappa shape index (κ1) is 12.6. The minimum absolute atomic E-state index is 0.216. The smallest absolute Gasteiger partial charge is 0.294 e. The molecule has 0 aliphatic carbocycles. The van der Waals surface area contributed by atoms with E-state index in [4.69, 9.17) is 0 Å². The highest BCUT2D eigenvalue weighted by Crippen LogP contribution is 2.12. The molecule has 1 heterocycles. The summed E-state index contributed by atoms with van der Waals surface area (Å²) in [5.74, 6) is 0.00538. The molecule has 0 saturated carbocycles. The summed E-state index contributed by atoms with van der Waals surface area (Å²) in [5, 5.41) is 13.7. The average molecular weight is 249 g/mol. The zero-order chi connectivity index (χ0) is 12.1. The maximum atomic E-state index is 11.5. The van der Waals surface area contributed by atoms with E-state index in [2.05, 4.69) is 15.5 Å². The van der Waals surface area contributed by atoms with E-state index in [1.807, 2.05) is 0 Å². The van der Waals surface area contributed by atoms with Crippen LogP contribution < -0.4 is 10.6 Å². The second kappa shape index (κ2) is 5.54. The van der Waals surface area contributed by atoms with E-state index in [9.17, 15) is 19.7 Å². The van der Waals surface area contributed by atoms with E-state index in [-0.39, 0.29) is 17.8 Å². The number of nitrogens with zero attached hydrogens (tertiary/aromatic N) is 1. The van der Waals surface area contributed by atoms with Gasteiger partial charge in [-0.25, -0.2) is 0 Å². The number of hydrogen-bond acceptors (Lipinski definition) is 6. The molecule has 1 aliphatic rings. The van der Waals surface area contributed by atoms with Crippen molar-refractivity contribution in [3.8, 4) is 0 Å². The molecule has 16 heavy (non-hydrogen) atoms. The number of rotatable bonds is 5. The van der Waals surface area contributed by atoms with Crippen LogP contribution in [0.1, 0.15) is 6.92 Å². The van der Waals surface area contributed by atoms with Gasteiger partial charge in [0, 0.05) is 11.8 Å². The molecule has 9 heteroatoms. The molecule has 0 aromatic heterocycles. The summed E-state index contributed by atoms with van der Waals surface area (Å²) in [6, 6.07) is -1.06. The summed E-state index contributed by atoms with van der Waals surface area (Å²) in [4.78, 5) is 36.3. The van der Waals surface area contributed by atoms with Crippen molar-refractivity contribution in [2.24, 2.45) is 0 Å². The van der Waals surface area contributed by atoms with Crippen LogP contribution >= 0.6 is 11.8 Å². The van der Waals surface area contributed by atoms with Crippen LogP contribution in [0, 0.1) is 10.1 Å². The number of hydrogen-bond donors (Lipinski definition) is 2. The van der Waals surface area contributed by atoms with Crippen LogP contribution in [0.15, 0.2) is 0 Å². The lowest BCUT2D eigenvalue weighted by atomic mass is 10.3. The van der Waals surface area contributed by atoms with Crippen LogP contribution in [0.2, 0.25) is 0 Å². The normalized spacial score (nSPS) is 21.1. The van der Waals surface area contributed by atoms with E-state index in [0.717, 1.165) is 11.8 Å². The predicted octanol–water partition coefficient (Wildman–Crippen LogP) is -0.476. The molecule has 2 unspecified atom stereocenters. The maximum absolute atomic E-state index is 11.5. The molecule has 0 bridgehead atoms. The van der Waals surface area contributed by atoms with E-state index in [1.165, 1.54) is 0 Å². The van der Waals surface area contributed by atoms with Crippen molar-refractivity contribution in [3.05, 3.63) is 10.1 Å². The Labute approximate surface area is 95.2 Å². The maximum Gasteiger partial charge on any atom is 0.294 e. The fourth-order valence-electron chi connectivity index (χ4n) is 1.08. The van der Waals surface area contributed by atoms with E-state index in [1.54, 1.807) is 6.92 Å². The van der Waals surface area contributed by atoms with Gasteiger partial charge in [0.2, 0.25) is 5.91 Å². The van der Waals surface area contributed by atoms with Crippen molar-refractivity contribution >= 4 is 22.9 Å². The van der Waals surface area contributed by atoms with Crippen molar-refractivity contribution < 1.29 is 19.5 Å². The zero-order valence-electron chi connectivity index (χ0n) is 8.47. The highest BCUT2D eigenvalue weighted by atomic mass is 32.2. The predicted molar refractivity (Wildman–Crippen MR) is 55.3 cm³/mol. The van der Waals surface area contributed by atoms with Crippen molar-refractivity contribution in [3.63, 3.8) is 0 Å². The first-order valence-corrected chi connectivity index (χ1v) is 5.48. The van der Waals surface area contributed by atoms with Gasteiger partial charge in [-0.2, -0.15) is 0 Å². The average Bonchev–Trinajstić information content (AvgIpc) is 2.62. The highest BCUT2D eigenvalue weighted by Gasteiger charge is 2.28. The molecule has 1 fully saturated rings. The van der Waals surface area contributed by atoms with Gasteiger partial charge in [-0.1, -0.05) is 11.8 Å². The van der Waals surface area contributed by atoms with Gasteiger partial charge in [0.05, 0.1) is 0 Å². The Kier molecular flexibility index (Phi) is 4.35. The molecule has 1 rings (SSSR count). The van der Waals surface area contributed by atoms with E-state index >= 15 is 0 Å². The molecule has 2 N–H and O–H groups in total. The number of thioether (sulfide) groups is 1. The molecule has 0 aromatic rings. The molecule has 8 nitrogen and oxygen atoms in total. The number of carbonyl (C=O) groups is 2. The highest BCUT2D eigenvalue weighted by molar-refractivity contribution is 8.14. The minimum atomic E-state index is -0.921. The molecule has 2 amide bonds. The van der Waals surface area contributed by atoms with Gasteiger partial charge in [0.1, 0.15) is 12.6 Å². The van der Waals surface area contributed by atoms with Crippen LogP contribution in [0.5, 0.6) is 0 Å². The van der Waals surface area contributed by atoms with Crippen LogP contribution in [0.25, 0.3) is 0 Å². The second-order valence-electron chi connectivity index (χ2n) is 3.22. The van der Waals surface area contributed by atoms with Gasteiger partial charge in [0.15, 0.2) is 0 Å².